The fraction of sp³-hybridized carbons (Fsp3) is 0.750. The van der Waals surface area contributed by atoms with Crippen molar-refractivity contribution in [3.05, 3.63) is 0 Å². The maximum atomic E-state index is 10.7. The zero-order valence-electron chi connectivity index (χ0n) is 7.91. The number of carbonyl (C=O) groups excluding carboxylic acids is 2. The van der Waals surface area contributed by atoms with Crippen LogP contribution in [0.15, 0.2) is 0 Å². The van der Waals surface area contributed by atoms with Gasteiger partial charge in [-0.2, -0.15) is 0 Å². The van der Waals surface area contributed by atoms with E-state index in [9.17, 15) is 9.59 Å². The molecule has 0 fully saturated rings. The SMILES string of the molecule is CCCCOC(=O)OC(=O)C(C)N. The van der Waals surface area contributed by atoms with Crippen molar-refractivity contribution in [1.29, 1.82) is 0 Å². The van der Waals surface area contributed by atoms with E-state index in [1.54, 1.807) is 0 Å². The van der Waals surface area contributed by atoms with Gasteiger partial charge >= 0.3 is 12.1 Å². The van der Waals surface area contributed by atoms with Gasteiger partial charge in [0.15, 0.2) is 0 Å². The minimum atomic E-state index is -0.976. The number of unbranched alkanes of at least 4 members (excludes halogenated alkanes) is 1. The summed E-state index contributed by atoms with van der Waals surface area (Å²) in [5.41, 5.74) is 5.16. The topological polar surface area (TPSA) is 78.6 Å². The number of ether oxygens (including phenoxy) is 2. The Morgan fingerprint density at radius 3 is 2.54 bits per heavy atom. The summed E-state index contributed by atoms with van der Waals surface area (Å²) in [5, 5.41) is 0. The molecule has 0 radical (unpaired) electrons. The van der Waals surface area contributed by atoms with Crippen LogP contribution < -0.4 is 5.73 Å². The Labute approximate surface area is 77.2 Å². The largest absolute Gasteiger partial charge is 0.516 e. The maximum Gasteiger partial charge on any atom is 0.516 e. The molecule has 5 nitrogen and oxygen atoms in total. The molecule has 1 atom stereocenters. The van der Waals surface area contributed by atoms with Crippen LogP contribution in [-0.2, 0) is 14.3 Å². The molecule has 13 heavy (non-hydrogen) atoms. The van der Waals surface area contributed by atoms with Crippen molar-refractivity contribution >= 4 is 12.1 Å². The van der Waals surface area contributed by atoms with Gasteiger partial charge in [-0.15, -0.1) is 0 Å². The molecule has 0 aliphatic carbocycles. The molecule has 0 aliphatic rings. The molecule has 2 N–H and O–H groups in total. The van der Waals surface area contributed by atoms with Crippen LogP contribution in [0.3, 0.4) is 0 Å². The molecule has 0 saturated heterocycles. The Bertz CT molecular complexity index is 179. The number of hydrogen-bond acceptors (Lipinski definition) is 5. The number of esters is 1. The van der Waals surface area contributed by atoms with Crippen LogP contribution in [-0.4, -0.2) is 24.8 Å². The van der Waals surface area contributed by atoms with E-state index in [1.807, 2.05) is 6.92 Å². The van der Waals surface area contributed by atoms with Crippen LogP contribution in [0, 0.1) is 0 Å². The van der Waals surface area contributed by atoms with Gasteiger partial charge in [-0.05, 0) is 13.3 Å². The van der Waals surface area contributed by atoms with E-state index in [4.69, 9.17) is 5.73 Å². The van der Waals surface area contributed by atoms with E-state index in [0.29, 0.717) is 0 Å². The number of carbonyl (C=O) groups is 2. The van der Waals surface area contributed by atoms with Crippen molar-refractivity contribution in [1.82, 2.24) is 0 Å². The van der Waals surface area contributed by atoms with Crippen molar-refractivity contribution in [3.8, 4) is 0 Å². The van der Waals surface area contributed by atoms with Crippen molar-refractivity contribution in [3.63, 3.8) is 0 Å². The predicted molar refractivity (Wildman–Crippen MR) is 46.0 cm³/mol. The Morgan fingerprint density at radius 2 is 2.08 bits per heavy atom. The third-order valence-electron chi connectivity index (χ3n) is 1.27. The first-order valence-electron chi connectivity index (χ1n) is 4.22. The first-order valence-corrected chi connectivity index (χ1v) is 4.22. The van der Waals surface area contributed by atoms with Gasteiger partial charge in [0.1, 0.15) is 6.04 Å². The van der Waals surface area contributed by atoms with Crippen molar-refractivity contribution in [2.45, 2.75) is 32.7 Å². The summed E-state index contributed by atoms with van der Waals surface area (Å²) < 4.78 is 8.80. The predicted octanol–water partition coefficient (Wildman–Crippen LogP) is 0.814. The maximum absolute atomic E-state index is 10.7. The van der Waals surface area contributed by atoms with E-state index in [-0.39, 0.29) is 6.61 Å². The minimum Gasteiger partial charge on any atom is -0.434 e. The van der Waals surface area contributed by atoms with Gasteiger partial charge in [0.05, 0.1) is 6.61 Å². The number of rotatable bonds is 4. The summed E-state index contributed by atoms with van der Waals surface area (Å²) in [6.45, 7) is 3.66. The summed E-state index contributed by atoms with van der Waals surface area (Å²) in [4.78, 5) is 21.4. The second kappa shape index (κ2) is 6.42. The Balaban J connectivity index is 3.56. The van der Waals surface area contributed by atoms with Gasteiger partial charge in [-0.25, -0.2) is 9.59 Å². The number of hydrogen-bond donors (Lipinski definition) is 1. The van der Waals surface area contributed by atoms with E-state index in [2.05, 4.69) is 9.47 Å². The van der Waals surface area contributed by atoms with Gasteiger partial charge < -0.3 is 15.2 Å². The monoisotopic (exact) mass is 189 g/mol. The van der Waals surface area contributed by atoms with Crippen LogP contribution in [0.25, 0.3) is 0 Å². The molecule has 0 spiro atoms. The first-order chi connectivity index (χ1) is 6.07. The van der Waals surface area contributed by atoms with E-state index in [0.717, 1.165) is 12.8 Å². The second-order valence-electron chi connectivity index (χ2n) is 2.66. The van der Waals surface area contributed by atoms with E-state index >= 15 is 0 Å². The Hall–Kier alpha value is -1.10. The highest BCUT2D eigenvalue weighted by Gasteiger charge is 2.14. The molecule has 0 heterocycles. The van der Waals surface area contributed by atoms with Crippen molar-refractivity contribution in [2.75, 3.05) is 6.61 Å². The summed E-state index contributed by atoms with van der Waals surface area (Å²) in [6, 6.07) is -0.807. The highest BCUT2D eigenvalue weighted by molar-refractivity contribution is 5.85. The molecule has 1 unspecified atom stereocenters. The highest BCUT2D eigenvalue weighted by Crippen LogP contribution is 1.93. The summed E-state index contributed by atoms with van der Waals surface area (Å²) in [5.74, 6) is -0.776. The zero-order valence-corrected chi connectivity index (χ0v) is 7.91. The normalized spacial score (nSPS) is 11.9. The fourth-order valence-corrected chi connectivity index (χ4v) is 0.504. The van der Waals surface area contributed by atoms with Gasteiger partial charge in [0.25, 0.3) is 0 Å². The molecule has 0 aromatic carbocycles. The lowest BCUT2D eigenvalue weighted by Gasteiger charge is -2.05. The lowest BCUT2D eigenvalue weighted by molar-refractivity contribution is -0.140. The van der Waals surface area contributed by atoms with Crippen LogP contribution in [0.5, 0.6) is 0 Å². The lowest BCUT2D eigenvalue weighted by atomic mass is 10.4. The third kappa shape index (κ3) is 6.10. The molecule has 0 amide bonds. The molecular formula is C8H15NO4. The zero-order chi connectivity index (χ0) is 10.3. The highest BCUT2D eigenvalue weighted by atomic mass is 16.7. The molecule has 0 aromatic heterocycles. The molecule has 5 heteroatoms. The van der Waals surface area contributed by atoms with Crippen LogP contribution in [0.4, 0.5) is 4.79 Å². The molecule has 0 aromatic rings. The molecule has 0 rings (SSSR count). The van der Waals surface area contributed by atoms with Gasteiger partial charge in [0.2, 0.25) is 0 Å². The minimum absolute atomic E-state index is 0.265. The summed E-state index contributed by atoms with van der Waals surface area (Å²) in [7, 11) is 0. The van der Waals surface area contributed by atoms with Gasteiger partial charge in [-0.1, -0.05) is 13.3 Å². The molecule has 0 aliphatic heterocycles. The average Bonchev–Trinajstić information content (AvgIpc) is 2.04. The van der Waals surface area contributed by atoms with E-state index < -0.39 is 18.2 Å². The summed E-state index contributed by atoms with van der Waals surface area (Å²) in [6.07, 6.45) is 0.687. The molecular weight excluding hydrogens is 174 g/mol. The fourth-order valence-electron chi connectivity index (χ4n) is 0.504. The van der Waals surface area contributed by atoms with Gasteiger partial charge in [0, 0.05) is 0 Å². The second-order valence-corrected chi connectivity index (χ2v) is 2.66. The van der Waals surface area contributed by atoms with Crippen LogP contribution in [0.1, 0.15) is 26.7 Å². The quantitative estimate of drug-likeness (QED) is 0.402. The molecule has 76 valence electrons. The van der Waals surface area contributed by atoms with E-state index in [1.165, 1.54) is 6.92 Å². The molecule has 0 bridgehead atoms. The average molecular weight is 189 g/mol. The smallest absolute Gasteiger partial charge is 0.434 e. The standard InChI is InChI=1S/C8H15NO4/c1-3-4-5-12-8(11)13-7(10)6(2)9/h6H,3-5,9H2,1-2H3. The molecule has 0 saturated carbocycles. The third-order valence-corrected chi connectivity index (χ3v) is 1.27. The Kier molecular flexibility index (Phi) is 5.88. The number of nitrogens with two attached hydrogens (primary N) is 1. The van der Waals surface area contributed by atoms with Crippen molar-refractivity contribution in [2.24, 2.45) is 5.73 Å². The van der Waals surface area contributed by atoms with Crippen LogP contribution >= 0.6 is 0 Å². The first kappa shape index (κ1) is 11.9. The van der Waals surface area contributed by atoms with Gasteiger partial charge in [-0.3, -0.25) is 0 Å². The van der Waals surface area contributed by atoms with Crippen LogP contribution in [0.2, 0.25) is 0 Å². The Morgan fingerprint density at radius 1 is 1.46 bits per heavy atom. The van der Waals surface area contributed by atoms with Crippen molar-refractivity contribution < 1.29 is 19.1 Å². The lowest BCUT2D eigenvalue weighted by Crippen LogP contribution is -2.30. The summed E-state index contributed by atoms with van der Waals surface area (Å²) >= 11 is 0.